The quantitative estimate of drug-likeness (QED) is 0.577. The second-order valence-corrected chi connectivity index (χ2v) is 11.9. The second-order valence-electron chi connectivity index (χ2n) is 11.9. The lowest BCUT2D eigenvalue weighted by Gasteiger charge is -2.67. The predicted molar refractivity (Wildman–Crippen MR) is 123 cm³/mol. The van der Waals surface area contributed by atoms with Crippen molar-refractivity contribution in [3.05, 3.63) is 35.9 Å². The molecule has 2 bridgehead atoms. The molecule has 1 spiro atoms. The number of Topliss-reactive ketones (excluding diaryl/α,β-unsaturated/α-hetero) is 1. The third-order valence-corrected chi connectivity index (χ3v) is 10.4. The first-order valence-electron chi connectivity index (χ1n) is 12.5. The highest BCUT2D eigenvalue weighted by molar-refractivity contribution is 5.89. The number of carbonyl (C=O) groups is 3. The minimum absolute atomic E-state index is 0.00564. The van der Waals surface area contributed by atoms with E-state index in [1.165, 1.54) is 7.11 Å². The fraction of sp³-hybridized carbons (Fsp3) is 0.679. The molecule has 0 aliphatic heterocycles. The third-order valence-electron chi connectivity index (χ3n) is 10.4. The first-order chi connectivity index (χ1) is 15.6. The molecule has 178 valence electrons. The molecular weight excluding hydrogens is 416 g/mol. The van der Waals surface area contributed by atoms with Crippen LogP contribution in [0.15, 0.2) is 30.3 Å². The number of hydrogen-bond donors (Lipinski definition) is 0. The Hall–Kier alpha value is -2.17. The maximum absolute atomic E-state index is 13.2. The van der Waals surface area contributed by atoms with Gasteiger partial charge in [-0.15, -0.1) is 0 Å². The lowest BCUT2D eigenvalue weighted by molar-refractivity contribution is -0.225. The minimum Gasteiger partial charge on any atom is -0.469 e. The zero-order valence-electron chi connectivity index (χ0n) is 20.3. The van der Waals surface area contributed by atoms with Crippen molar-refractivity contribution in [3.63, 3.8) is 0 Å². The van der Waals surface area contributed by atoms with Gasteiger partial charge >= 0.3 is 11.9 Å². The van der Waals surface area contributed by atoms with Crippen LogP contribution >= 0.6 is 0 Å². The molecule has 4 aliphatic rings. The number of ketones is 1. The lowest BCUT2D eigenvalue weighted by Crippen LogP contribution is -2.66. The minimum atomic E-state index is -0.719. The van der Waals surface area contributed by atoms with Crippen LogP contribution in [0.3, 0.4) is 0 Å². The molecular formula is C28H36O5. The van der Waals surface area contributed by atoms with Gasteiger partial charge in [0.15, 0.2) is 0 Å². The Bertz CT molecular complexity index is 987. The number of fused-ring (bicyclic) bond motifs is 2. The van der Waals surface area contributed by atoms with Gasteiger partial charge in [0, 0.05) is 17.8 Å². The molecule has 4 saturated carbocycles. The molecule has 5 nitrogen and oxygen atoms in total. The van der Waals surface area contributed by atoms with E-state index in [0.717, 1.165) is 38.5 Å². The average Bonchev–Trinajstić information content (AvgIpc) is 3.13. The van der Waals surface area contributed by atoms with E-state index in [1.54, 1.807) is 12.1 Å². The van der Waals surface area contributed by atoms with Crippen molar-refractivity contribution in [2.45, 2.75) is 78.2 Å². The number of esters is 2. The summed E-state index contributed by atoms with van der Waals surface area (Å²) in [4.78, 5) is 39.6. The summed E-state index contributed by atoms with van der Waals surface area (Å²) in [5.41, 5.74) is -0.647. The van der Waals surface area contributed by atoms with E-state index in [1.807, 2.05) is 25.1 Å². The van der Waals surface area contributed by atoms with Crippen molar-refractivity contribution in [1.82, 2.24) is 0 Å². The molecule has 0 aromatic heterocycles. The van der Waals surface area contributed by atoms with Gasteiger partial charge in [0.1, 0.15) is 11.9 Å². The highest BCUT2D eigenvalue weighted by atomic mass is 16.5. The lowest BCUT2D eigenvalue weighted by atomic mass is 9.37. The average molecular weight is 453 g/mol. The molecule has 1 aromatic carbocycles. The van der Waals surface area contributed by atoms with Crippen molar-refractivity contribution in [3.8, 4) is 0 Å². The standard InChI is InChI=1S/C28H36O5/c1-25-13-14-28(17-25)19(16-21(25)29)15-20(33-23(30)18-9-6-5-7-10-18)22-26(2,24(31)32-4)11-8-12-27(22,28)3/h5-7,9-10,19-20,22H,8,11-17H2,1-4H3/t19-,20+,22-,25+,26+,27-,28-/m0/s1. The van der Waals surface area contributed by atoms with Gasteiger partial charge in [-0.3, -0.25) is 9.59 Å². The molecule has 5 heteroatoms. The summed E-state index contributed by atoms with van der Waals surface area (Å²) in [5.74, 6) is -0.139. The number of hydrogen-bond acceptors (Lipinski definition) is 5. The second kappa shape index (κ2) is 7.41. The Balaban J connectivity index is 1.60. The van der Waals surface area contributed by atoms with Crippen molar-refractivity contribution in [1.29, 1.82) is 0 Å². The molecule has 0 radical (unpaired) electrons. The zero-order valence-corrected chi connectivity index (χ0v) is 20.3. The first-order valence-corrected chi connectivity index (χ1v) is 12.5. The number of ether oxygens (including phenoxy) is 2. The molecule has 0 saturated heterocycles. The predicted octanol–water partition coefficient (Wildman–Crippen LogP) is 5.37. The molecule has 4 aliphatic carbocycles. The summed E-state index contributed by atoms with van der Waals surface area (Å²) < 4.78 is 11.6. The normalized spacial score (nSPS) is 43.9. The van der Waals surface area contributed by atoms with Crippen LogP contribution in [-0.2, 0) is 19.1 Å². The van der Waals surface area contributed by atoms with E-state index in [2.05, 4.69) is 13.8 Å². The van der Waals surface area contributed by atoms with Crippen molar-refractivity contribution in [2.75, 3.05) is 7.11 Å². The molecule has 33 heavy (non-hydrogen) atoms. The highest BCUT2D eigenvalue weighted by Gasteiger charge is 2.73. The van der Waals surface area contributed by atoms with Crippen LogP contribution in [0.2, 0.25) is 0 Å². The van der Waals surface area contributed by atoms with Crippen LogP contribution in [0, 0.1) is 33.5 Å². The monoisotopic (exact) mass is 452 g/mol. The van der Waals surface area contributed by atoms with Gasteiger partial charge in [-0.25, -0.2) is 4.79 Å². The van der Waals surface area contributed by atoms with Crippen molar-refractivity contribution >= 4 is 17.7 Å². The van der Waals surface area contributed by atoms with Gasteiger partial charge in [0.05, 0.1) is 18.1 Å². The Kier molecular flexibility index (Phi) is 5.08. The van der Waals surface area contributed by atoms with E-state index < -0.39 is 11.5 Å². The summed E-state index contributed by atoms with van der Waals surface area (Å²) in [7, 11) is 1.46. The molecule has 7 atom stereocenters. The Labute approximate surface area is 196 Å². The highest BCUT2D eigenvalue weighted by Crippen LogP contribution is 2.76. The zero-order chi connectivity index (χ0) is 23.6. The molecule has 0 amide bonds. The van der Waals surface area contributed by atoms with Crippen molar-refractivity contribution < 1.29 is 23.9 Å². The Morgan fingerprint density at radius 2 is 1.73 bits per heavy atom. The fourth-order valence-electron chi connectivity index (χ4n) is 8.88. The third kappa shape index (κ3) is 2.99. The fourth-order valence-corrected chi connectivity index (χ4v) is 8.88. The van der Waals surface area contributed by atoms with Gasteiger partial charge in [-0.1, -0.05) is 38.5 Å². The van der Waals surface area contributed by atoms with Crippen LogP contribution in [0.4, 0.5) is 0 Å². The van der Waals surface area contributed by atoms with Gasteiger partial charge in [-0.2, -0.15) is 0 Å². The maximum atomic E-state index is 13.2. The SMILES string of the molecule is COC(=O)[C@]1(C)CCC[C@@]2(C)[C@H]1[C@H](OC(=O)c1ccccc1)C[C@H]1CC(=O)[C@]3(C)CC[C@]12C3. The molecule has 1 aromatic rings. The topological polar surface area (TPSA) is 69.7 Å². The molecule has 0 N–H and O–H groups in total. The van der Waals surface area contributed by atoms with Gasteiger partial charge in [-0.05, 0) is 74.3 Å². The van der Waals surface area contributed by atoms with Gasteiger partial charge in [0.2, 0.25) is 0 Å². The first kappa shape index (κ1) is 22.6. The van der Waals surface area contributed by atoms with Crippen LogP contribution in [0.25, 0.3) is 0 Å². The van der Waals surface area contributed by atoms with E-state index in [9.17, 15) is 14.4 Å². The van der Waals surface area contributed by atoms with Gasteiger partial charge < -0.3 is 9.47 Å². The van der Waals surface area contributed by atoms with E-state index in [4.69, 9.17) is 9.47 Å². The van der Waals surface area contributed by atoms with Crippen LogP contribution < -0.4 is 0 Å². The molecule has 5 rings (SSSR count). The van der Waals surface area contributed by atoms with Crippen LogP contribution in [0.5, 0.6) is 0 Å². The summed E-state index contributed by atoms with van der Waals surface area (Å²) >= 11 is 0. The summed E-state index contributed by atoms with van der Waals surface area (Å²) in [6.45, 7) is 6.49. The molecule has 4 fully saturated rings. The molecule has 0 heterocycles. The van der Waals surface area contributed by atoms with E-state index in [0.29, 0.717) is 24.2 Å². The van der Waals surface area contributed by atoms with Crippen LogP contribution in [0.1, 0.15) is 82.5 Å². The number of carbonyl (C=O) groups excluding carboxylic acids is 3. The summed E-state index contributed by atoms with van der Waals surface area (Å²) in [6.07, 6.45) is 6.29. The number of benzene rings is 1. The van der Waals surface area contributed by atoms with E-state index >= 15 is 0 Å². The maximum Gasteiger partial charge on any atom is 0.338 e. The number of rotatable bonds is 3. The number of methoxy groups -OCH3 is 1. The van der Waals surface area contributed by atoms with Crippen LogP contribution in [-0.4, -0.2) is 30.9 Å². The van der Waals surface area contributed by atoms with Gasteiger partial charge in [0.25, 0.3) is 0 Å². The Morgan fingerprint density at radius 1 is 1.00 bits per heavy atom. The Morgan fingerprint density at radius 3 is 2.42 bits per heavy atom. The summed E-state index contributed by atoms with van der Waals surface area (Å²) in [5, 5.41) is 0. The molecule has 0 unspecified atom stereocenters. The van der Waals surface area contributed by atoms with E-state index in [-0.39, 0.29) is 40.0 Å². The van der Waals surface area contributed by atoms with Crippen molar-refractivity contribution in [2.24, 2.45) is 33.5 Å². The largest absolute Gasteiger partial charge is 0.469 e. The summed E-state index contributed by atoms with van der Waals surface area (Å²) in [6, 6.07) is 9.06. The smallest absolute Gasteiger partial charge is 0.338 e.